The van der Waals surface area contributed by atoms with Gasteiger partial charge in [-0.3, -0.25) is 4.79 Å². The summed E-state index contributed by atoms with van der Waals surface area (Å²) in [7, 11) is 0. The van der Waals surface area contributed by atoms with Crippen LogP contribution in [0.25, 0.3) is 11.1 Å². The molecule has 2 rings (SSSR count). The summed E-state index contributed by atoms with van der Waals surface area (Å²) in [4.78, 5) is 11.9. The molecule has 0 atom stereocenters. The number of amides is 1. The lowest BCUT2D eigenvalue weighted by atomic mass is 10.0. The van der Waals surface area contributed by atoms with Gasteiger partial charge in [0.05, 0.1) is 6.42 Å². The smallest absolute Gasteiger partial charge is 0.224 e. The van der Waals surface area contributed by atoms with Crippen molar-refractivity contribution in [2.75, 3.05) is 6.54 Å². The van der Waals surface area contributed by atoms with E-state index < -0.39 is 0 Å². The first-order valence-electron chi connectivity index (χ1n) is 8.70. The van der Waals surface area contributed by atoms with Crippen molar-refractivity contribution >= 4 is 5.91 Å². The van der Waals surface area contributed by atoms with Crippen molar-refractivity contribution in [2.24, 2.45) is 0 Å². The molecule has 23 heavy (non-hydrogen) atoms. The fourth-order valence-corrected chi connectivity index (χ4v) is 2.65. The Morgan fingerprint density at radius 2 is 1.48 bits per heavy atom. The van der Waals surface area contributed by atoms with Crippen LogP contribution in [-0.4, -0.2) is 12.5 Å². The Labute approximate surface area is 139 Å². The highest BCUT2D eigenvalue weighted by Crippen LogP contribution is 2.19. The third-order valence-electron chi connectivity index (χ3n) is 4.03. The highest BCUT2D eigenvalue weighted by molar-refractivity contribution is 5.78. The van der Waals surface area contributed by atoms with Gasteiger partial charge in [-0.2, -0.15) is 0 Å². The standard InChI is InChI=1S/C21H27NO/c1-2-3-4-5-9-16-22-21(23)17-18-12-14-20(15-13-18)19-10-7-6-8-11-19/h6-8,10-15H,2-5,9,16-17H2,1H3,(H,22,23). The van der Waals surface area contributed by atoms with Crippen LogP contribution in [0.3, 0.4) is 0 Å². The zero-order valence-corrected chi connectivity index (χ0v) is 14.1. The molecule has 2 aromatic rings. The Morgan fingerprint density at radius 3 is 2.17 bits per heavy atom. The summed E-state index contributed by atoms with van der Waals surface area (Å²) in [5.74, 6) is 0.118. The average Bonchev–Trinajstić information content (AvgIpc) is 2.59. The molecule has 0 aromatic heterocycles. The van der Waals surface area contributed by atoms with Crippen LogP contribution >= 0.6 is 0 Å². The summed E-state index contributed by atoms with van der Waals surface area (Å²) in [5, 5.41) is 3.02. The molecule has 0 radical (unpaired) electrons. The van der Waals surface area contributed by atoms with Gasteiger partial charge in [-0.1, -0.05) is 87.2 Å². The monoisotopic (exact) mass is 309 g/mol. The van der Waals surface area contributed by atoms with E-state index in [1.807, 2.05) is 30.3 Å². The summed E-state index contributed by atoms with van der Waals surface area (Å²) in [6, 6.07) is 18.6. The minimum absolute atomic E-state index is 0.118. The zero-order chi connectivity index (χ0) is 16.3. The first kappa shape index (κ1) is 17.3. The predicted octanol–water partition coefficient (Wildman–Crippen LogP) is 4.98. The van der Waals surface area contributed by atoms with Gasteiger partial charge in [0.15, 0.2) is 0 Å². The number of nitrogens with one attached hydrogen (secondary N) is 1. The van der Waals surface area contributed by atoms with Crippen LogP contribution in [0.2, 0.25) is 0 Å². The van der Waals surface area contributed by atoms with Crippen LogP contribution in [-0.2, 0) is 11.2 Å². The molecule has 0 saturated heterocycles. The minimum atomic E-state index is 0.118. The Morgan fingerprint density at radius 1 is 0.826 bits per heavy atom. The number of carbonyl (C=O) groups is 1. The molecule has 0 aliphatic carbocycles. The van der Waals surface area contributed by atoms with Gasteiger partial charge >= 0.3 is 0 Å². The van der Waals surface area contributed by atoms with Gasteiger partial charge in [-0.15, -0.1) is 0 Å². The molecule has 0 bridgehead atoms. The molecule has 0 unspecified atom stereocenters. The molecule has 2 heteroatoms. The molecule has 2 nitrogen and oxygen atoms in total. The third-order valence-corrected chi connectivity index (χ3v) is 4.03. The molecule has 0 aliphatic rings. The summed E-state index contributed by atoms with van der Waals surface area (Å²) in [5.41, 5.74) is 3.45. The van der Waals surface area contributed by atoms with Crippen molar-refractivity contribution < 1.29 is 4.79 Å². The second-order valence-electron chi connectivity index (χ2n) is 6.00. The maximum absolute atomic E-state index is 11.9. The Hall–Kier alpha value is -2.09. The number of unbranched alkanes of at least 4 members (excludes halogenated alkanes) is 4. The van der Waals surface area contributed by atoms with E-state index in [4.69, 9.17) is 0 Å². The normalized spacial score (nSPS) is 10.5. The number of hydrogen-bond donors (Lipinski definition) is 1. The summed E-state index contributed by atoms with van der Waals surface area (Å²) < 4.78 is 0. The Balaban J connectivity index is 1.74. The molecule has 0 spiro atoms. The van der Waals surface area contributed by atoms with Crippen LogP contribution in [0.1, 0.15) is 44.6 Å². The Bertz CT molecular complexity index is 575. The number of rotatable bonds is 9. The molecular formula is C21H27NO. The van der Waals surface area contributed by atoms with Crippen molar-refractivity contribution in [1.29, 1.82) is 0 Å². The predicted molar refractivity (Wildman–Crippen MR) is 97.4 cm³/mol. The van der Waals surface area contributed by atoms with E-state index in [2.05, 4.69) is 36.5 Å². The first-order valence-corrected chi connectivity index (χ1v) is 8.70. The molecule has 0 fully saturated rings. The first-order chi connectivity index (χ1) is 11.3. The van der Waals surface area contributed by atoms with Gasteiger partial charge in [0.2, 0.25) is 5.91 Å². The molecule has 0 heterocycles. The van der Waals surface area contributed by atoms with Gasteiger partial charge in [-0.25, -0.2) is 0 Å². The maximum atomic E-state index is 11.9. The summed E-state index contributed by atoms with van der Waals surface area (Å²) in [6.45, 7) is 3.01. The van der Waals surface area contributed by atoms with Crippen molar-refractivity contribution in [3.05, 3.63) is 60.2 Å². The molecule has 0 aliphatic heterocycles. The van der Waals surface area contributed by atoms with Crippen molar-refractivity contribution in [1.82, 2.24) is 5.32 Å². The number of hydrogen-bond acceptors (Lipinski definition) is 1. The highest BCUT2D eigenvalue weighted by atomic mass is 16.1. The summed E-state index contributed by atoms with van der Waals surface area (Å²) >= 11 is 0. The maximum Gasteiger partial charge on any atom is 0.224 e. The van der Waals surface area contributed by atoms with Gasteiger partial charge < -0.3 is 5.32 Å². The fourth-order valence-electron chi connectivity index (χ4n) is 2.65. The van der Waals surface area contributed by atoms with E-state index >= 15 is 0 Å². The van der Waals surface area contributed by atoms with Crippen LogP contribution in [0.4, 0.5) is 0 Å². The SMILES string of the molecule is CCCCCCCNC(=O)Cc1ccc(-c2ccccc2)cc1. The van der Waals surface area contributed by atoms with Crippen molar-refractivity contribution in [3.63, 3.8) is 0 Å². The van der Waals surface area contributed by atoms with Gasteiger partial charge in [0.1, 0.15) is 0 Å². The van der Waals surface area contributed by atoms with Gasteiger partial charge in [-0.05, 0) is 23.1 Å². The van der Waals surface area contributed by atoms with Crippen LogP contribution in [0, 0.1) is 0 Å². The quantitative estimate of drug-likeness (QED) is 0.650. The van der Waals surface area contributed by atoms with E-state index in [1.54, 1.807) is 0 Å². The van der Waals surface area contributed by atoms with E-state index in [1.165, 1.54) is 36.8 Å². The zero-order valence-electron chi connectivity index (χ0n) is 14.1. The summed E-state index contributed by atoms with van der Waals surface area (Å²) in [6.07, 6.45) is 6.57. The largest absolute Gasteiger partial charge is 0.356 e. The fraction of sp³-hybridized carbons (Fsp3) is 0.381. The van der Waals surface area contributed by atoms with E-state index in [-0.39, 0.29) is 5.91 Å². The molecule has 0 saturated carbocycles. The Kier molecular flexibility index (Phi) is 7.38. The van der Waals surface area contributed by atoms with Crippen molar-refractivity contribution in [3.8, 4) is 11.1 Å². The second-order valence-corrected chi connectivity index (χ2v) is 6.00. The molecule has 1 N–H and O–H groups in total. The molecular weight excluding hydrogens is 282 g/mol. The van der Waals surface area contributed by atoms with E-state index in [9.17, 15) is 4.79 Å². The van der Waals surface area contributed by atoms with Gasteiger partial charge in [0.25, 0.3) is 0 Å². The van der Waals surface area contributed by atoms with Crippen LogP contribution in [0.15, 0.2) is 54.6 Å². The number of benzene rings is 2. The topological polar surface area (TPSA) is 29.1 Å². The average molecular weight is 309 g/mol. The van der Waals surface area contributed by atoms with Crippen LogP contribution < -0.4 is 5.32 Å². The van der Waals surface area contributed by atoms with Crippen LogP contribution in [0.5, 0.6) is 0 Å². The lowest BCUT2D eigenvalue weighted by molar-refractivity contribution is -0.120. The molecule has 2 aromatic carbocycles. The number of carbonyl (C=O) groups excluding carboxylic acids is 1. The van der Waals surface area contributed by atoms with E-state index in [0.717, 1.165) is 18.5 Å². The molecule has 122 valence electrons. The minimum Gasteiger partial charge on any atom is -0.356 e. The second kappa shape index (κ2) is 9.83. The molecule has 1 amide bonds. The van der Waals surface area contributed by atoms with Gasteiger partial charge in [0, 0.05) is 6.54 Å². The van der Waals surface area contributed by atoms with Crippen molar-refractivity contribution in [2.45, 2.75) is 45.4 Å². The lowest BCUT2D eigenvalue weighted by Crippen LogP contribution is -2.26. The van der Waals surface area contributed by atoms with E-state index in [0.29, 0.717) is 6.42 Å². The highest BCUT2D eigenvalue weighted by Gasteiger charge is 2.03. The third kappa shape index (κ3) is 6.27. The lowest BCUT2D eigenvalue weighted by Gasteiger charge is -2.06.